The summed E-state index contributed by atoms with van der Waals surface area (Å²) in [5.74, 6) is 0.822. The average Bonchev–Trinajstić information content (AvgIpc) is 3.69. The van der Waals surface area contributed by atoms with E-state index in [-0.39, 0.29) is 23.7 Å². The zero-order valence-electron chi connectivity index (χ0n) is 20.7. The number of aliphatic carboxylic acids is 1. The first-order chi connectivity index (χ1) is 18.5. The number of carbonyl (C=O) groups is 1. The Kier molecular flexibility index (Phi) is 5.52. The van der Waals surface area contributed by atoms with Gasteiger partial charge in [0.25, 0.3) is 0 Å². The first-order valence-corrected chi connectivity index (χ1v) is 13.3. The van der Waals surface area contributed by atoms with Gasteiger partial charge in [-0.1, -0.05) is 0 Å². The van der Waals surface area contributed by atoms with Crippen molar-refractivity contribution >= 4 is 28.7 Å². The van der Waals surface area contributed by atoms with E-state index in [0.29, 0.717) is 34.0 Å². The molecular formula is C27H28FN7O3. The molecule has 10 nitrogen and oxygen atoms in total. The zero-order chi connectivity index (χ0) is 25.8. The molecule has 2 bridgehead atoms. The summed E-state index contributed by atoms with van der Waals surface area (Å²) < 4.78 is 20.3. The molecule has 3 N–H and O–H groups in total. The molecule has 0 amide bonds. The highest BCUT2D eigenvalue weighted by Crippen LogP contribution is 2.46. The molecule has 0 spiro atoms. The summed E-state index contributed by atoms with van der Waals surface area (Å²) in [6, 6.07) is 6.74. The first kappa shape index (κ1) is 23.1. The molecular weight excluding hydrogens is 489 g/mol. The van der Waals surface area contributed by atoms with Gasteiger partial charge in [0.15, 0.2) is 23.1 Å². The van der Waals surface area contributed by atoms with E-state index in [1.807, 2.05) is 12.1 Å². The number of fused-ring (bicyclic) bond motifs is 4. The van der Waals surface area contributed by atoms with Gasteiger partial charge in [0.1, 0.15) is 23.0 Å². The molecule has 4 aliphatic rings. The zero-order valence-corrected chi connectivity index (χ0v) is 20.7. The summed E-state index contributed by atoms with van der Waals surface area (Å²) in [5.41, 5.74) is 1.33. The quantitative estimate of drug-likeness (QED) is 0.332. The van der Waals surface area contributed by atoms with Gasteiger partial charge in [-0.15, -0.1) is 0 Å². The minimum absolute atomic E-state index is 0.160. The topological polar surface area (TPSA) is 133 Å². The van der Waals surface area contributed by atoms with Crippen molar-refractivity contribution in [1.82, 2.24) is 25.1 Å². The number of carboxylic acids is 1. The summed E-state index contributed by atoms with van der Waals surface area (Å²) in [4.78, 5) is 28.0. The average molecular weight is 518 g/mol. The normalized spacial score (nSPS) is 24.8. The number of carboxylic acid groups (broad SMARTS) is 1. The van der Waals surface area contributed by atoms with Gasteiger partial charge in [-0.25, -0.2) is 19.3 Å². The Hall–Kier alpha value is -4.02. The van der Waals surface area contributed by atoms with Crippen molar-refractivity contribution in [2.24, 2.45) is 17.8 Å². The van der Waals surface area contributed by atoms with Crippen LogP contribution in [0.5, 0.6) is 0 Å². The molecule has 2 atom stereocenters. The van der Waals surface area contributed by atoms with Crippen LogP contribution in [-0.4, -0.2) is 55.4 Å². The number of halogens is 1. The lowest BCUT2D eigenvalue weighted by atomic mass is 9.61. The van der Waals surface area contributed by atoms with Crippen LogP contribution in [0.25, 0.3) is 34.0 Å². The van der Waals surface area contributed by atoms with E-state index in [1.165, 1.54) is 6.07 Å². The van der Waals surface area contributed by atoms with Gasteiger partial charge < -0.3 is 19.7 Å². The maximum absolute atomic E-state index is 14.1. The molecule has 1 aliphatic heterocycles. The second kappa shape index (κ2) is 9.07. The Morgan fingerprint density at radius 1 is 1.11 bits per heavy atom. The number of aromatic amines is 1. The molecule has 11 heteroatoms. The monoisotopic (exact) mass is 517 g/mol. The Labute approximate surface area is 217 Å². The molecule has 4 aromatic heterocycles. The molecule has 0 radical (unpaired) electrons. The molecule has 2 unspecified atom stereocenters. The highest BCUT2D eigenvalue weighted by atomic mass is 19.1. The van der Waals surface area contributed by atoms with Crippen LogP contribution in [0.15, 0.2) is 34.9 Å². The molecule has 5 heterocycles. The number of hydrogen-bond donors (Lipinski definition) is 3. The standard InChI is InChI=1S/C27H28FN7O3/c28-16-11-17-24(33-34-25(17)29-13-16)26-30-18(19-7-8-21(38-19)35-9-1-2-10-35)12-20(32-26)31-23-15-5-3-14(4-6-15)22(23)27(36)37/h7-8,11-15,22-23H,1-6,9-10H2,(H,36,37)(H,29,33,34)(H,30,31,32). The van der Waals surface area contributed by atoms with E-state index in [9.17, 15) is 14.3 Å². The number of nitrogens with one attached hydrogen (secondary N) is 2. The third kappa shape index (κ3) is 3.97. The molecule has 8 rings (SSSR count). The molecule has 196 valence electrons. The van der Waals surface area contributed by atoms with Crippen LogP contribution < -0.4 is 10.2 Å². The molecule has 38 heavy (non-hydrogen) atoms. The second-order valence-corrected chi connectivity index (χ2v) is 10.6. The maximum atomic E-state index is 14.1. The summed E-state index contributed by atoms with van der Waals surface area (Å²) in [6.07, 6.45) is 7.29. The van der Waals surface area contributed by atoms with Crippen LogP contribution in [0.3, 0.4) is 0 Å². The number of hydrogen-bond acceptors (Lipinski definition) is 8. The van der Waals surface area contributed by atoms with E-state index in [2.05, 4.69) is 25.4 Å². The van der Waals surface area contributed by atoms with Crippen molar-refractivity contribution in [1.29, 1.82) is 0 Å². The third-order valence-corrected chi connectivity index (χ3v) is 8.40. The highest BCUT2D eigenvalue weighted by Gasteiger charge is 2.47. The number of H-pyrrole nitrogens is 1. The van der Waals surface area contributed by atoms with Crippen molar-refractivity contribution in [2.45, 2.75) is 44.6 Å². The fraction of sp³-hybridized carbons (Fsp3) is 0.444. The van der Waals surface area contributed by atoms with Crippen molar-refractivity contribution < 1.29 is 18.7 Å². The van der Waals surface area contributed by atoms with E-state index in [0.717, 1.165) is 63.7 Å². The Morgan fingerprint density at radius 3 is 2.68 bits per heavy atom. The number of aromatic nitrogens is 5. The van der Waals surface area contributed by atoms with E-state index < -0.39 is 17.7 Å². The van der Waals surface area contributed by atoms with E-state index in [1.54, 1.807) is 6.07 Å². The van der Waals surface area contributed by atoms with Crippen molar-refractivity contribution in [3.05, 3.63) is 36.3 Å². The molecule has 0 aromatic carbocycles. The van der Waals surface area contributed by atoms with Crippen LogP contribution in [0.2, 0.25) is 0 Å². The van der Waals surface area contributed by atoms with Crippen molar-refractivity contribution in [3.8, 4) is 23.0 Å². The van der Waals surface area contributed by atoms with Crippen LogP contribution in [-0.2, 0) is 4.79 Å². The molecule has 3 saturated carbocycles. The Morgan fingerprint density at radius 2 is 1.89 bits per heavy atom. The fourth-order valence-corrected chi connectivity index (χ4v) is 6.56. The lowest BCUT2D eigenvalue weighted by molar-refractivity contribution is -0.148. The number of furan rings is 1. The van der Waals surface area contributed by atoms with Crippen molar-refractivity contribution in [3.63, 3.8) is 0 Å². The number of rotatable bonds is 6. The third-order valence-electron chi connectivity index (χ3n) is 8.40. The first-order valence-electron chi connectivity index (χ1n) is 13.3. The van der Waals surface area contributed by atoms with E-state index >= 15 is 0 Å². The molecule has 3 aliphatic carbocycles. The predicted molar refractivity (Wildman–Crippen MR) is 138 cm³/mol. The van der Waals surface area contributed by atoms with Crippen molar-refractivity contribution in [2.75, 3.05) is 23.3 Å². The Balaban J connectivity index is 1.31. The van der Waals surface area contributed by atoms with Gasteiger partial charge in [-0.3, -0.25) is 9.89 Å². The van der Waals surface area contributed by atoms with Gasteiger partial charge in [-0.05, 0) is 62.5 Å². The van der Waals surface area contributed by atoms with Crippen LogP contribution in [0.4, 0.5) is 16.1 Å². The number of pyridine rings is 1. The molecule has 4 aromatic rings. The highest BCUT2D eigenvalue weighted by molar-refractivity contribution is 5.89. The van der Waals surface area contributed by atoms with Gasteiger partial charge in [0.05, 0.1) is 17.5 Å². The summed E-state index contributed by atoms with van der Waals surface area (Å²) in [7, 11) is 0. The number of anilines is 2. The SMILES string of the molecule is O=C(O)C1C2CCC(CC2)C1Nc1cc(-c2ccc(N3CCCC3)o2)nc(-c2n[nH]c3ncc(F)cc23)n1. The van der Waals surface area contributed by atoms with E-state index in [4.69, 9.17) is 14.4 Å². The molecule has 4 fully saturated rings. The van der Waals surface area contributed by atoms with Crippen LogP contribution in [0.1, 0.15) is 38.5 Å². The predicted octanol–water partition coefficient (Wildman–Crippen LogP) is 4.72. The smallest absolute Gasteiger partial charge is 0.308 e. The summed E-state index contributed by atoms with van der Waals surface area (Å²) >= 11 is 0. The summed E-state index contributed by atoms with van der Waals surface area (Å²) in [5, 5.41) is 21.1. The fourth-order valence-electron chi connectivity index (χ4n) is 6.56. The minimum Gasteiger partial charge on any atom is -0.481 e. The van der Waals surface area contributed by atoms with Gasteiger partial charge >= 0.3 is 5.97 Å². The van der Waals surface area contributed by atoms with Crippen LogP contribution in [0, 0.1) is 23.6 Å². The molecule has 1 saturated heterocycles. The van der Waals surface area contributed by atoms with Gasteiger partial charge in [0, 0.05) is 31.3 Å². The summed E-state index contributed by atoms with van der Waals surface area (Å²) in [6.45, 7) is 1.90. The van der Waals surface area contributed by atoms with Crippen LogP contribution >= 0.6 is 0 Å². The van der Waals surface area contributed by atoms with Gasteiger partial charge in [-0.2, -0.15) is 5.10 Å². The van der Waals surface area contributed by atoms with Gasteiger partial charge in [0.2, 0.25) is 0 Å². The maximum Gasteiger partial charge on any atom is 0.308 e. The Bertz CT molecular complexity index is 1500. The second-order valence-electron chi connectivity index (χ2n) is 10.6. The minimum atomic E-state index is -0.771. The lowest BCUT2D eigenvalue weighted by Crippen LogP contribution is -2.51. The lowest BCUT2D eigenvalue weighted by Gasteiger charge is -2.47. The largest absolute Gasteiger partial charge is 0.481 e. The number of nitrogens with zero attached hydrogens (tertiary/aromatic N) is 5.